The van der Waals surface area contributed by atoms with Crippen molar-refractivity contribution >= 4 is 0 Å². The number of hydrogen-bond acceptors (Lipinski definition) is 3. The van der Waals surface area contributed by atoms with Gasteiger partial charge in [0.25, 0.3) is 0 Å². The Morgan fingerprint density at radius 3 is 2.86 bits per heavy atom. The molecule has 1 N–H and O–H groups in total. The van der Waals surface area contributed by atoms with Crippen LogP contribution in [-0.2, 0) is 11.2 Å². The molecule has 1 saturated heterocycles. The molecule has 3 rings (SSSR count). The normalized spacial score (nSPS) is 23.6. The highest BCUT2D eigenvalue weighted by Crippen LogP contribution is 2.40. The Kier molecular flexibility index (Phi) is 4.51. The van der Waals surface area contributed by atoms with Gasteiger partial charge in [-0.25, -0.2) is 0 Å². The molecule has 0 bridgehead atoms. The third-order valence-corrected chi connectivity index (χ3v) is 4.92. The van der Waals surface area contributed by atoms with Crippen LogP contribution in [0.2, 0.25) is 0 Å². The van der Waals surface area contributed by atoms with Gasteiger partial charge in [-0.2, -0.15) is 0 Å². The summed E-state index contributed by atoms with van der Waals surface area (Å²) in [6.07, 6.45) is 4.83. The molecule has 1 fully saturated rings. The van der Waals surface area contributed by atoms with Crippen LogP contribution < -0.4 is 10.1 Å². The lowest BCUT2D eigenvalue weighted by Gasteiger charge is -2.39. The highest BCUT2D eigenvalue weighted by atomic mass is 16.5. The van der Waals surface area contributed by atoms with Gasteiger partial charge in [-0.1, -0.05) is 24.6 Å². The van der Waals surface area contributed by atoms with E-state index in [1.807, 2.05) is 0 Å². The van der Waals surface area contributed by atoms with Gasteiger partial charge in [0, 0.05) is 26.2 Å². The predicted octanol–water partition coefficient (Wildman–Crippen LogP) is 3.09. The second kappa shape index (κ2) is 6.37. The molecule has 1 unspecified atom stereocenters. The van der Waals surface area contributed by atoms with Gasteiger partial charge in [0.05, 0.1) is 0 Å². The quantitative estimate of drug-likeness (QED) is 0.903. The van der Waals surface area contributed by atoms with E-state index in [4.69, 9.17) is 9.47 Å². The maximum atomic E-state index is 6.20. The molecule has 0 saturated carbocycles. The number of ether oxygens (including phenoxy) is 2. The third kappa shape index (κ3) is 3.41. The summed E-state index contributed by atoms with van der Waals surface area (Å²) in [5, 5.41) is 3.55. The number of fused-ring (bicyclic) bond motifs is 1. The highest BCUT2D eigenvalue weighted by Gasteiger charge is 2.37. The molecule has 3 heteroatoms. The summed E-state index contributed by atoms with van der Waals surface area (Å²) in [5.41, 5.74) is 3.05. The summed E-state index contributed by atoms with van der Waals surface area (Å²) >= 11 is 0. The first-order chi connectivity index (χ1) is 10.2. The molecule has 2 aliphatic rings. The van der Waals surface area contributed by atoms with Crippen molar-refractivity contribution in [3.05, 3.63) is 29.3 Å². The molecular formula is C18H27NO2. The fraction of sp³-hybridized carbons (Fsp3) is 0.667. The maximum absolute atomic E-state index is 6.20. The average molecular weight is 289 g/mol. The molecule has 2 heterocycles. The van der Waals surface area contributed by atoms with E-state index in [9.17, 15) is 0 Å². The lowest BCUT2D eigenvalue weighted by Crippen LogP contribution is -2.42. The van der Waals surface area contributed by atoms with Crippen molar-refractivity contribution in [2.75, 3.05) is 26.3 Å². The van der Waals surface area contributed by atoms with Gasteiger partial charge >= 0.3 is 0 Å². The van der Waals surface area contributed by atoms with Gasteiger partial charge in [0.15, 0.2) is 0 Å². The van der Waals surface area contributed by atoms with Gasteiger partial charge in [-0.3, -0.25) is 0 Å². The smallest absolute Gasteiger partial charge is 0.123 e. The van der Waals surface area contributed by atoms with Crippen LogP contribution in [0.4, 0.5) is 0 Å². The summed E-state index contributed by atoms with van der Waals surface area (Å²) in [7, 11) is 0. The summed E-state index contributed by atoms with van der Waals surface area (Å²) in [5.74, 6) is 1.09. The minimum atomic E-state index is 0.332. The minimum Gasteiger partial charge on any atom is -0.490 e. The highest BCUT2D eigenvalue weighted by molar-refractivity contribution is 5.40. The topological polar surface area (TPSA) is 30.5 Å². The minimum absolute atomic E-state index is 0.332. The van der Waals surface area contributed by atoms with E-state index in [2.05, 4.69) is 37.4 Å². The summed E-state index contributed by atoms with van der Waals surface area (Å²) in [6.45, 7) is 8.24. The first kappa shape index (κ1) is 14.9. The van der Waals surface area contributed by atoms with E-state index in [-0.39, 0.29) is 0 Å². The first-order valence-corrected chi connectivity index (χ1v) is 8.25. The molecular weight excluding hydrogens is 262 g/mol. The van der Waals surface area contributed by atoms with Crippen molar-refractivity contribution in [2.45, 2.75) is 45.6 Å². The fourth-order valence-electron chi connectivity index (χ4n) is 3.69. The zero-order valence-electron chi connectivity index (χ0n) is 13.3. The van der Waals surface area contributed by atoms with Crippen LogP contribution in [0.25, 0.3) is 0 Å². The first-order valence-electron chi connectivity index (χ1n) is 8.25. The molecule has 0 radical (unpaired) electrons. The molecule has 0 aliphatic carbocycles. The second-order valence-corrected chi connectivity index (χ2v) is 6.65. The van der Waals surface area contributed by atoms with E-state index in [1.54, 1.807) is 0 Å². The molecule has 21 heavy (non-hydrogen) atoms. The Balaban J connectivity index is 1.67. The largest absolute Gasteiger partial charge is 0.490 e. The van der Waals surface area contributed by atoms with Crippen molar-refractivity contribution in [3.63, 3.8) is 0 Å². The average Bonchev–Trinajstić information content (AvgIpc) is 2.87. The van der Waals surface area contributed by atoms with Gasteiger partial charge in [-0.15, -0.1) is 0 Å². The Labute approximate surface area is 128 Å². The zero-order valence-corrected chi connectivity index (χ0v) is 13.3. The van der Waals surface area contributed by atoms with Gasteiger partial charge in [-0.05, 0) is 49.8 Å². The molecule has 0 amide bonds. The molecule has 116 valence electrons. The zero-order chi connectivity index (χ0) is 14.7. The summed E-state index contributed by atoms with van der Waals surface area (Å²) < 4.78 is 11.8. The van der Waals surface area contributed by atoms with E-state index in [1.165, 1.54) is 11.1 Å². The second-order valence-electron chi connectivity index (χ2n) is 6.65. The molecule has 1 aromatic carbocycles. The van der Waals surface area contributed by atoms with Crippen LogP contribution in [0, 0.1) is 12.3 Å². The monoisotopic (exact) mass is 289 g/mol. The number of nitrogens with one attached hydrogen (secondary N) is 1. The van der Waals surface area contributed by atoms with Gasteiger partial charge in [0.1, 0.15) is 11.9 Å². The van der Waals surface area contributed by atoms with Crippen molar-refractivity contribution in [2.24, 2.45) is 5.41 Å². The Morgan fingerprint density at radius 1 is 1.29 bits per heavy atom. The van der Waals surface area contributed by atoms with Crippen LogP contribution in [0.3, 0.4) is 0 Å². The van der Waals surface area contributed by atoms with Crippen molar-refractivity contribution in [1.82, 2.24) is 5.32 Å². The maximum Gasteiger partial charge on any atom is 0.123 e. The predicted molar refractivity (Wildman–Crippen MR) is 84.9 cm³/mol. The van der Waals surface area contributed by atoms with E-state index in [0.717, 1.165) is 57.7 Å². The molecule has 1 atom stereocenters. The summed E-state index contributed by atoms with van der Waals surface area (Å²) in [4.78, 5) is 0. The number of rotatable bonds is 5. The SMILES string of the molecule is CCNCC1(CC2Cc3cc(C)ccc3O2)CCOCC1. The van der Waals surface area contributed by atoms with Crippen LogP contribution in [-0.4, -0.2) is 32.4 Å². The van der Waals surface area contributed by atoms with Crippen LogP contribution in [0.1, 0.15) is 37.3 Å². The third-order valence-electron chi connectivity index (χ3n) is 4.92. The van der Waals surface area contributed by atoms with Crippen LogP contribution in [0.5, 0.6) is 5.75 Å². The van der Waals surface area contributed by atoms with Gasteiger partial charge in [0.2, 0.25) is 0 Å². The molecule has 0 spiro atoms. The van der Waals surface area contributed by atoms with E-state index >= 15 is 0 Å². The van der Waals surface area contributed by atoms with Gasteiger partial charge < -0.3 is 14.8 Å². The Hall–Kier alpha value is -1.06. The lowest BCUT2D eigenvalue weighted by molar-refractivity contribution is -0.00573. The Morgan fingerprint density at radius 2 is 2.10 bits per heavy atom. The number of hydrogen-bond donors (Lipinski definition) is 1. The molecule has 1 aromatic rings. The molecule has 3 nitrogen and oxygen atoms in total. The summed E-state index contributed by atoms with van der Waals surface area (Å²) in [6, 6.07) is 6.55. The number of aryl methyl sites for hydroxylation is 1. The van der Waals surface area contributed by atoms with Crippen molar-refractivity contribution < 1.29 is 9.47 Å². The van der Waals surface area contributed by atoms with E-state index in [0.29, 0.717) is 11.5 Å². The van der Waals surface area contributed by atoms with Crippen LogP contribution >= 0.6 is 0 Å². The fourth-order valence-corrected chi connectivity index (χ4v) is 3.69. The lowest BCUT2D eigenvalue weighted by atomic mass is 9.75. The molecule has 0 aromatic heterocycles. The Bertz CT molecular complexity index is 480. The van der Waals surface area contributed by atoms with Crippen molar-refractivity contribution in [1.29, 1.82) is 0 Å². The van der Waals surface area contributed by atoms with Crippen LogP contribution in [0.15, 0.2) is 18.2 Å². The van der Waals surface area contributed by atoms with Crippen molar-refractivity contribution in [3.8, 4) is 5.75 Å². The standard InChI is InChI=1S/C18H27NO2/c1-3-19-13-18(6-8-20-9-7-18)12-16-11-15-10-14(2)4-5-17(15)21-16/h4-5,10,16,19H,3,6-9,11-13H2,1-2H3. The molecule has 2 aliphatic heterocycles. The van der Waals surface area contributed by atoms with E-state index < -0.39 is 0 Å². The number of benzene rings is 1.